The van der Waals surface area contributed by atoms with E-state index in [2.05, 4.69) is 4.18 Å². The maximum atomic E-state index is 10.1. The van der Waals surface area contributed by atoms with Gasteiger partial charge in [0.15, 0.2) is 6.29 Å². The Bertz CT molecular complexity index is 198. The van der Waals surface area contributed by atoms with Crippen LogP contribution in [0.5, 0.6) is 0 Å². The first-order valence-corrected chi connectivity index (χ1v) is 5.09. The predicted octanol–water partition coefficient (Wildman–Crippen LogP) is 0.969. The average molecular weight is 198 g/mol. The van der Waals surface area contributed by atoms with Gasteiger partial charge in [0.25, 0.3) is 0 Å². The highest BCUT2D eigenvalue weighted by atomic mass is 32.3. The molecule has 0 rings (SSSR count). The van der Waals surface area contributed by atoms with Crippen molar-refractivity contribution in [2.24, 2.45) is 0 Å². The molecule has 0 aromatic carbocycles. The standard InChI is InChI=1S/C6H14O5S/c1-3-4-5-10-6(2)11-12(7,8)9/h6H,3-5H2,1-2H3,(H,7,8,9). The van der Waals surface area contributed by atoms with Gasteiger partial charge >= 0.3 is 10.4 Å². The topological polar surface area (TPSA) is 72.8 Å². The van der Waals surface area contributed by atoms with E-state index < -0.39 is 16.7 Å². The summed E-state index contributed by atoms with van der Waals surface area (Å²) in [7, 11) is -4.39. The third-order valence-electron chi connectivity index (χ3n) is 1.11. The van der Waals surface area contributed by atoms with Crippen LogP contribution in [-0.4, -0.2) is 25.9 Å². The van der Waals surface area contributed by atoms with Crippen LogP contribution in [0.25, 0.3) is 0 Å². The summed E-state index contributed by atoms with van der Waals surface area (Å²) in [6, 6.07) is 0. The number of hydrogen-bond donors (Lipinski definition) is 1. The highest BCUT2D eigenvalue weighted by Gasteiger charge is 2.11. The summed E-state index contributed by atoms with van der Waals surface area (Å²) in [5.41, 5.74) is 0. The summed E-state index contributed by atoms with van der Waals surface area (Å²) in [6.07, 6.45) is 0.865. The minimum atomic E-state index is -4.39. The van der Waals surface area contributed by atoms with Crippen LogP contribution in [0.15, 0.2) is 0 Å². The summed E-state index contributed by atoms with van der Waals surface area (Å²) in [4.78, 5) is 0. The highest BCUT2D eigenvalue weighted by Crippen LogP contribution is 1.99. The molecule has 0 aromatic heterocycles. The summed E-state index contributed by atoms with van der Waals surface area (Å²) in [5, 5.41) is 0. The lowest BCUT2D eigenvalue weighted by Gasteiger charge is -2.10. The van der Waals surface area contributed by atoms with Crippen LogP contribution in [0.4, 0.5) is 0 Å². The molecule has 0 aromatic rings. The van der Waals surface area contributed by atoms with Gasteiger partial charge in [-0.3, -0.25) is 4.55 Å². The van der Waals surface area contributed by atoms with Gasteiger partial charge in [-0.1, -0.05) is 13.3 Å². The second kappa shape index (κ2) is 5.47. The van der Waals surface area contributed by atoms with Crippen LogP contribution in [-0.2, 0) is 19.3 Å². The van der Waals surface area contributed by atoms with Crippen LogP contribution in [0, 0.1) is 0 Å². The highest BCUT2D eigenvalue weighted by molar-refractivity contribution is 7.80. The molecule has 0 saturated carbocycles. The van der Waals surface area contributed by atoms with Crippen LogP contribution in [0.2, 0.25) is 0 Å². The molecule has 12 heavy (non-hydrogen) atoms. The van der Waals surface area contributed by atoms with E-state index in [4.69, 9.17) is 9.29 Å². The molecule has 0 heterocycles. The van der Waals surface area contributed by atoms with Gasteiger partial charge < -0.3 is 4.74 Å². The minimum Gasteiger partial charge on any atom is -0.352 e. The van der Waals surface area contributed by atoms with E-state index >= 15 is 0 Å². The van der Waals surface area contributed by atoms with Gasteiger partial charge in [-0.05, 0) is 13.3 Å². The normalized spacial score (nSPS) is 14.6. The number of unbranched alkanes of at least 4 members (excludes halogenated alkanes) is 1. The van der Waals surface area contributed by atoms with E-state index in [1.165, 1.54) is 6.92 Å². The zero-order valence-electron chi connectivity index (χ0n) is 7.19. The van der Waals surface area contributed by atoms with Gasteiger partial charge in [-0.2, -0.15) is 8.42 Å². The Morgan fingerprint density at radius 2 is 2.08 bits per heavy atom. The molecule has 0 radical (unpaired) electrons. The smallest absolute Gasteiger partial charge is 0.352 e. The Labute approximate surface area is 72.6 Å². The molecule has 0 amide bonds. The van der Waals surface area contributed by atoms with Gasteiger partial charge in [0.05, 0.1) is 0 Å². The van der Waals surface area contributed by atoms with Crippen molar-refractivity contribution in [1.29, 1.82) is 0 Å². The first kappa shape index (κ1) is 11.8. The Kier molecular flexibility index (Phi) is 5.39. The van der Waals surface area contributed by atoms with Crippen molar-refractivity contribution >= 4 is 10.4 Å². The summed E-state index contributed by atoms with van der Waals surface area (Å²) in [5.74, 6) is 0. The molecule has 0 aliphatic carbocycles. The van der Waals surface area contributed by atoms with Crippen molar-refractivity contribution < 1.29 is 21.9 Å². The van der Waals surface area contributed by atoms with Crippen LogP contribution < -0.4 is 0 Å². The maximum Gasteiger partial charge on any atom is 0.399 e. The molecule has 0 aliphatic heterocycles. The zero-order valence-corrected chi connectivity index (χ0v) is 8.00. The van der Waals surface area contributed by atoms with E-state index in [1.54, 1.807) is 0 Å². The Morgan fingerprint density at radius 1 is 1.50 bits per heavy atom. The van der Waals surface area contributed by atoms with Crippen molar-refractivity contribution in [2.45, 2.75) is 33.0 Å². The van der Waals surface area contributed by atoms with Crippen molar-refractivity contribution in [3.05, 3.63) is 0 Å². The summed E-state index contributed by atoms with van der Waals surface area (Å²) in [6.45, 7) is 3.81. The largest absolute Gasteiger partial charge is 0.399 e. The van der Waals surface area contributed by atoms with E-state index in [1.807, 2.05) is 6.92 Å². The number of hydrogen-bond acceptors (Lipinski definition) is 4. The van der Waals surface area contributed by atoms with Crippen LogP contribution >= 0.6 is 0 Å². The van der Waals surface area contributed by atoms with Crippen molar-refractivity contribution in [1.82, 2.24) is 0 Å². The fourth-order valence-corrected chi connectivity index (χ4v) is 0.991. The maximum absolute atomic E-state index is 10.1. The van der Waals surface area contributed by atoms with Crippen molar-refractivity contribution in [3.8, 4) is 0 Å². The monoisotopic (exact) mass is 198 g/mol. The van der Waals surface area contributed by atoms with E-state index in [0.717, 1.165) is 12.8 Å². The SMILES string of the molecule is CCCCOC(C)OS(=O)(=O)O. The van der Waals surface area contributed by atoms with E-state index in [9.17, 15) is 8.42 Å². The molecule has 0 saturated heterocycles. The molecule has 74 valence electrons. The van der Waals surface area contributed by atoms with Crippen molar-refractivity contribution in [3.63, 3.8) is 0 Å². The Morgan fingerprint density at radius 3 is 2.50 bits per heavy atom. The zero-order chi connectivity index (χ0) is 9.61. The third kappa shape index (κ3) is 7.93. The summed E-state index contributed by atoms with van der Waals surface area (Å²) >= 11 is 0. The van der Waals surface area contributed by atoms with Gasteiger partial charge in [0.1, 0.15) is 0 Å². The van der Waals surface area contributed by atoms with E-state index in [-0.39, 0.29) is 0 Å². The summed E-state index contributed by atoms with van der Waals surface area (Å²) < 4.78 is 37.5. The van der Waals surface area contributed by atoms with E-state index in [0.29, 0.717) is 6.61 Å². The number of rotatable bonds is 6. The molecule has 0 aliphatic rings. The second-order valence-electron chi connectivity index (χ2n) is 2.32. The third-order valence-corrected chi connectivity index (χ3v) is 1.62. The molecule has 0 fully saturated rings. The molecule has 5 nitrogen and oxygen atoms in total. The first-order valence-electron chi connectivity index (χ1n) is 3.73. The average Bonchev–Trinajstić information content (AvgIpc) is 1.84. The Hall–Kier alpha value is -0.170. The Balaban J connectivity index is 3.53. The lowest BCUT2D eigenvalue weighted by atomic mass is 10.4. The fourth-order valence-electron chi connectivity index (χ4n) is 0.593. The minimum absolute atomic E-state index is 0.424. The fraction of sp³-hybridized carbons (Fsp3) is 1.00. The first-order chi connectivity index (χ1) is 5.45. The van der Waals surface area contributed by atoms with Gasteiger partial charge in [-0.15, -0.1) is 0 Å². The predicted molar refractivity (Wildman–Crippen MR) is 43.0 cm³/mol. The molecule has 0 bridgehead atoms. The number of ether oxygens (including phenoxy) is 1. The lowest BCUT2D eigenvalue weighted by Crippen LogP contribution is -2.18. The van der Waals surface area contributed by atoms with Crippen LogP contribution in [0.1, 0.15) is 26.7 Å². The van der Waals surface area contributed by atoms with Crippen LogP contribution in [0.3, 0.4) is 0 Å². The van der Waals surface area contributed by atoms with Gasteiger partial charge in [-0.25, -0.2) is 4.18 Å². The second-order valence-corrected chi connectivity index (χ2v) is 3.36. The molecule has 1 N–H and O–H groups in total. The van der Waals surface area contributed by atoms with Crippen molar-refractivity contribution in [2.75, 3.05) is 6.61 Å². The molecule has 1 atom stereocenters. The molecule has 1 unspecified atom stereocenters. The van der Waals surface area contributed by atoms with Gasteiger partial charge in [0, 0.05) is 6.61 Å². The molecule has 6 heteroatoms. The molecular weight excluding hydrogens is 184 g/mol. The van der Waals surface area contributed by atoms with Gasteiger partial charge in [0.2, 0.25) is 0 Å². The quantitative estimate of drug-likeness (QED) is 0.391. The lowest BCUT2D eigenvalue weighted by molar-refractivity contribution is -0.0685. The molecule has 0 spiro atoms. The molecular formula is C6H14O5S.